The Hall–Kier alpha value is -0.870. The van der Waals surface area contributed by atoms with Gasteiger partial charge in [-0.2, -0.15) is 0 Å². The summed E-state index contributed by atoms with van der Waals surface area (Å²) in [5.74, 6) is 0.0783. The SMILES string of the molecule is CN(CCc1ccc(Br)cc1)C(=O)C1(N)CC1. The van der Waals surface area contributed by atoms with E-state index in [1.165, 1.54) is 5.56 Å². The van der Waals surface area contributed by atoms with E-state index in [1.807, 2.05) is 19.2 Å². The lowest BCUT2D eigenvalue weighted by atomic mass is 10.1. The van der Waals surface area contributed by atoms with E-state index in [-0.39, 0.29) is 5.91 Å². The minimum absolute atomic E-state index is 0.0783. The topological polar surface area (TPSA) is 46.3 Å². The highest BCUT2D eigenvalue weighted by Gasteiger charge is 2.47. The van der Waals surface area contributed by atoms with E-state index in [0.717, 1.165) is 30.3 Å². The van der Waals surface area contributed by atoms with Crippen molar-refractivity contribution in [2.75, 3.05) is 13.6 Å². The predicted octanol–water partition coefficient (Wildman–Crippen LogP) is 1.94. The van der Waals surface area contributed by atoms with Gasteiger partial charge in [0.1, 0.15) is 0 Å². The number of hydrogen-bond donors (Lipinski definition) is 1. The highest BCUT2D eigenvalue weighted by molar-refractivity contribution is 9.10. The molecule has 0 bridgehead atoms. The molecule has 0 spiro atoms. The van der Waals surface area contributed by atoms with E-state index in [0.29, 0.717) is 0 Å². The first kappa shape index (κ1) is 12.6. The molecule has 1 aliphatic carbocycles. The lowest BCUT2D eigenvalue weighted by molar-refractivity contribution is -0.132. The number of likely N-dealkylation sites (N-methyl/N-ethyl adjacent to an activating group) is 1. The van der Waals surface area contributed by atoms with Crippen molar-refractivity contribution >= 4 is 21.8 Å². The predicted molar refractivity (Wildman–Crippen MR) is 71.6 cm³/mol. The van der Waals surface area contributed by atoms with Crippen LogP contribution in [0.3, 0.4) is 0 Å². The molecule has 17 heavy (non-hydrogen) atoms. The Morgan fingerprint density at radius 3 is 2.53 bits per heavy atom. The number of amides is 1. The van der Waals surface area contributed by atoms with Crippen LogP contribution in [0, 0.1) is 0 Å². The maximum absolute atomic E-state index is 11.9. The van der Waals surface area contributed by atoms with E-state index >= 15 is 0 Å². The third-order valence-corrected chi connectivity index (χ3v) is 3.74. The van der Waals surface area contributed by atoms with Crippen molar-refractivity contribution in [3.8, 4) is 0 Å². The third-order valence-electron chi connectivity index (χ3n) is 3.21. The smallest absolute Gasteiger partial charge is 0.242 e. The Kier molecular flexibility index (Phi) is 3.54. The molecule has 1 fully saturated rings. The summed E-state index contributed by atoms with van der Waals surface area (Å²) in [6.45, 7) is 0.722. The van der Waals surface area contributed by atoms with Gasteiger partial charge in [-0.25, -0.2) is 0 Å². The summed E-state index contributed by atoms with van der Waals surface area (Å²) in [7, 11) is 1.83. The Balaban J connectivity index is 1.85. The second kappa shape index (κ2) is 4.78. The number of nitrogens with zero attached hydrogens (tertiary/aromatic N) is 1. The van der Waals surface area contributed by atoms with Crippen molar-refractivity contribution in [3.63, 3.8) is 0 Å². The van der Waals surface area contributed by atoms with Gasteiger partial charge in [-0.05, 0) is 37.0 Å². The molecule has 1 aromatic rings. The monoisotopic (exact) mass is 296 g/mol. The van der Waals surface area contributed by atoms with E-state index in [2.05, 4.69) is 28.1 Å². The first-order chi connectivity index (χ1) is 8.01. The molecule has 0 radical (unpaired) electrons. The highest BCUT2D eigenvalue weighted by Crippen LogP contribution is 2.33. The molecule has 92 valence electrons. The molecule has 1 saturated carbocycles. The summed E-state index contributed by atoms with van der Waals surface area (Å²) in [5.41, 5.74) is 6.57. The number of benzene rings is 1. The molecule has 0 atom stereocenters. The number of carbonyl (C=O) groups excluding carboxylic acids is 1. The summed E-state index contributed by atoms with van der Waals surface area (Å²) in [6, 6.07) is 8.17. The molecule has 1 amide bonds. The minimum atomic E-state index is -0.547. The van der Waals surface area contributed by atoms with Gasteiger partial charge in [-0.15, -0.1) is 0 Å². The molecular weight excluding hydrogens is 280 g/mol. The summed E-state index contributed by atoms with van der Waals surface area (Å²) in [5, 5.41) is 0. The summed E-state index contributed by atoms with van der Waals surface area (Å²) >= 11 is 3.40. The van der Waals surface area contributed by atoms with Gasteiger partial charge < -0.3 is 10.6 Å². The fourth-order valence-corrected chi connectivity index (χ4v) is 2.04. The first-order valence-electron chi connectivity index (χ1n) is 5.80. The standard InChI is InChI=1S/C13H17BrN2O/c1-16(12(17)13(15)7-8-13)9-6-10-2-4-11(14)5-3-10/h2-5H,6-9,15H2,1H3. The highest BCUT2D eigenvalue weighted by atomic mass is 79.9. The number of carbonyl (C=O) groups is 1. The maximum Gasteiger partial charge on any atom is 0.242 e. The minimum Gasteiger partial charge on any atom is -0.344 e. The van der Waals surface area contributed by atoms with Crippen molar-refractivity contribution in [2.45, 2.75) is 24.8 Å². The van der Waals surface area contributed by atoms with E-state index in [9.17, 15) is 4.79 Å². The molecule has 1 aliphatic rings. The number of nitrogens with two attached hydrogens (primary N) is 1. The van der Waals surface area contributed by atoms with Crippen LogP contribution in [0.1, 0.15) is 18.4 Å². The third kappa shape index (κ3) is 3.07. The number of halogens is 1. The second-order valence-corrected chi connectivity index (χ2v) is 5.67. The van der Waals surface area contributed by atoms with Crippen LogP contribution < -0.4 is 5.73 Å². The molecule has 3 nitrogen and oxygen atoms in total. The average molecular weight is 297 g/mol. The van der Waals surface area contributed by atoms with Gasteiger partial charge >= 0.3 is 0 Å². The summed E-state index contributed by atoms with van der Waals surface area (Å²) < 4.78 is 1.07. The van der Waals surface area contributed by atoms with Crippen LogP contribution >= 0.6 is 15.9 Å². The molecular formula is C13H17BrN2O. The van der Waals surface area contributed by atoms with Crippen LogP contribution in [0.15, 0.2) is 28.7 Å². The van der Waals surface area contributed by atoms with Crippen LogP contribution in [0.25, 0.3) is 0 Å². The quantitative estimate of drug-likeness (QED) is 0.923. The normalized spacial score (nSPS) is 16.6. The molecule has 0 saturated heterocycles. The molecule has 0 heterocycles. The van der Waals surface area contributed by atoms with E-state index in [1.54, 1.807) is 4.90 Å². The Bertz CT molecular complexity index is 412. The van der Waals surface area contributed by atoms with Gasteiger partial charge in [0, 0.05) is 18.1 Å². The molecule has 2 N–H and O–H groups in total. The molecule has 4 heteroatoms. The maximum atomic E-state index is 11.9. The van der Waals surface area contributed by atoms with Gasteiger partial charge in [-0.1, -0.05) is 28.1 Å². The number of rotatable bonds is 4. The zero-order valence-electron chi connectivity index (χ0n) is 9.95. The van der Waals surface area contributed by atoms with Gasteiger partial charge in [0.25, 0.3) is 0 Å². The van der Waals surface area contributed by atoms with Crippen LogP contribution in [0.5, 0.6) is 0 Å². The van der Waals surface area contributed by atoms with Crippen molar-refractivity contribution in [2.24, 2.45) is 5.73 Å². The number of hydrogen-bond acceptors (Lipinski definition) is 2. The van der Waals surface area contributed by atoms with Gasteiger partial charge in [-0.3, -0.25) is 4.79 Å². The van der Waals surface area contributed by atoms with Gasteiger partial charge in [0.2, 0.25) is 5.91 Å². The molecule has 0 unspecified atom stereocenters. The van der Waals surface area contributed by atoms with Crippen molar-refractivity contribution in [1.29, 1.82) is 0 Å². The lowest BCUT2D eigenvalue weighted by Crippen LogP contribution is -2.44. The lowest BCUT2D eigenvalue weighted by Gasteiger charge is -2.20. The van der Waals surface area contributed by atoms with Crippen LogP contribution in [0.2, 0.25) is 0 Å². The zero-order chi connectivity index (χ0) is 12.5. The largest absolute Gasteiger partial charge is 0.344 e. The van der Waals surface area contributed by atoms with Crippen LogP contribution in [-0.2, 0) is 11.2 Å². The summed E-state index contributed by atoms with van der Waals surface area (Å²) in [6.07, 6.45) is 2.52. The Morgan fingerprint density at radius 1 is 1.41 bits per heavy atom. The van der Waals surface area contributed by atoms with Gasteiger partial charge in [0.05, 0.1) is 5.54 Å². The van der Waals surface area contributed by atoms with Crippen molar-refractivity contribution in [3.05, 3.63) is 34.3 Å². The second-order valence-electron chi connectivity index (χ2n) is 4.76. The fourth-order valence-electron chi connectivity index (χ4n) is 1.78. The molecule has 2 rings (SSSR count). The van der Waals surface area contributed by atoms with Crippen LogP contribution in [-0.4, -0.2) is 29.9 Å². The van der Waals surface area contributed by atoms with E-state index in [4.69, 9.17) is 5.73 Å². The van der Waals surface area contributed by atoms with Gasteiger partial charge in [0.15, 0.2) is 0 Å². The Labute approximate surface area is 110 Å². The Morgan fingerprint density at radius 2 is 2.00 bits per heavy atom. The van der Waals surface area contributed by atoms with Crippen molar-refractivity contribution in [1.82, 2.24) is 4.90 Å². The van der Waals surface area contributed by atoms with Crippen molar-refractivity contribution < 1.29 is 4.79 Å². The first-order valence-corrected chi connectivity index (χ1v) is 6.59. The molecule has 0 aromatic heterocycles. The average Bonchev–Trinajstić information content (AvgIpc) is 3.06. The zero-order valence-corrected chi connectivity index (χ0v) is 11.5. The molecule has 1 aromatic carbocycles. The van der Waals surface area contributed by atoms with E-state index < -0.39 is 5.54 Å². The summed E-state index contributed by atoms with van der Waals surface area (Å²) in [4.78, 5) is 13.6. The molecule has 0 aliphatic heterocycles. The fraction of sp³-hybridized carbons (Fsp3) is 0.462. The van der Waals surface area contributed by atoms with Crippen LogP contribution in [0.4, 0.5) is 0 Å².